The summed E-state index contributed by atoms with van der Waals surface area (Å²) in [5.41, 5.74) is 0.552. The van der Waals surface area contributed by atoms with Gasteiger partial charge >= 0.3 is 0 Å². The lowest BCUT2D eigenvalue weighted by Crippen LogP contribution is -2.34. The van der Waals surface area contributed by atoms with Crippen LogP contribution in [0.25, 0.3) is 0 Å². The maximum absolute atomic E-state index is 12.4. The molecule has 0 bridgehead atoms. The molecule has 1 fully saturated rings. The highest BCUT2D eigenvalue weighted by Gasteiger charge is 2.50. The number of hydrogen-bond acceptors (Lipinski definition) is 2. The zero-order valence-electron chi connectivity index (χ0n) is 12.0. The minimum atomic E-state index is -0.555. The summed E-state index contributed by atoms with van der Waals surface area (Å²) in [6.45, 7) is 7.88. The molecule has 1 aliphatic heterocycles. The first-order valence-corrected chi connectivity index (χ1v) is 6.74. The largest absolute Gasteiger partial charge is 0.335 e. The van der Waals surface area contributed by atoms with Gasteiger partial charge in [0, 0.05) is 12.5 Å². The predicted molar refractivity (Wildman–Crippen MR) is 74.5 cm³/mol. The summed E-state index contributed by atoms with van der Waals surface area (Å²) in [6, 6.07) is 9.96. The van der Waals surface area contributed by atoms with Gasteiger partial charge in [-0.2, -0.15) is 0 Å². The van der Waals surface area contributed by atoms with E-state index in [1.807, 2.05) is 56.0 Å². The Balaban J connectivity index is 2.28. The smallest absolute Gasteiger partial charge is 0.227 e. The number of carbonyl (C=O) groups is 2. The minimum absolute atomic E-state index is 0.0114. The lowest BCUT2D eigenvalue weighted by atomic mass is 9.78. The molecule has 1 aromatic rings. The first-order chi connectivity index (χ1) is 8.88. The zero-order chi connectivity index (χ0) is 14.2. The third kappa shape index (κ3) is 2.18. The molecule has 102 valence electrons. The Bertz CT molecular complexity index is 497. The lowest BCUT2D eigenvalue weighted by molar-refractivity contribution is -0.134. The molecule has 3 atom stereocenters. The Labute approximate surface area is 114 Å². The van der Waals surface area contributed by atoms with Gasteiger partial charge in [-0.15, -0.1) is 0 Å². The van der Waals surface area contributed by atoms with Crippen LogP contribution in [0.2, 0.25) is 0 Å². The van der Waals surface area contributed by atoms with Crippen LogP contribution in [0.3, 0.4) is 0 Å². The van der Waals surface area contributed by atoms with Gasteiger partial charge in [0.2, 0.25) is 5.91 Å². The Morgan fingerprint density at radius 1 is 1.37 bits per heavy atom. The lowest BCUT2D eigenvalue weighted by Gasteiger charge is -2.27. The quantitative estimate of drug-likeness (QED) is 0.837. The van der Waals surface area contributed by atoms with Crippen molar-refractivity contribution in [2.24, 2.45) is 11.3 Å². The summed E-state index contributed by atoms with van der Waals surface area (Å²) in [5.74, 6) is -0.0682. The van der Waals surface area contributed by atoms with Crippen molar-refractivity contribution < 1.29 is 9.59 Å². The number of hydrogen-bond donors (Lipinski definition) is 0. The molecule has 2 unspecified atom stereocenters. The molecule has 0 spiro atoms. The van der Waals surface area contributed by atoms with E-state index >= 15 is 0 Å². The number of ketones is 1. The molecule has 1 aliphatic rings. The van der Waals surface area contributed by atoms with E-state index in [4.69, 9.17) is 0 Å². The molecule has 1 amide bonds. The number of benzene rings is 1. The van der Waals surface area contributed by atoms with Crippen molar-refractivity contribution in [1.29, 1.82) is 0 Å². The van der Waals surface area contributed by atoms with Gasteiger partial charge in [0.15, 0.2) is 0 Å². The van der Waals surface area contributed by atoms with Crippen molar-refractivity contribution in [2.45, 2.75) is 33.7 Å². The van der Waals surface area contributed by atoms with Crippen LogP contribution in [0, 0.1) is 11.3 Å². The van der Waals surface area contributed by atoms with Crippen LogP contribution in [-0.4, -0.2) is 23.1 Å². The highest BCUT2D eigenvalue weighted by atomic mass is 16.2. The number of likely N-dealkylation sites (tertiary alicyclic amines) is 1. The summed E-state index contributed by atoms with van der Waals surface area (Å²) < 4.78 is 0. The Morgan fingerprint density at radius 3 is 2.42 bits per heavy atom. The average Bonchev–Trinajstić information content (AvgIpc) is 2.65. The predicted octanol–water partition coefficient (Wildman–Crippen LogP) is 2.82. The fourth-order valence-corrected chi connectivity index (χ4v) is 2.75. The van der Waals surface area contributed by atoms with E-state index in [0.717, 1.165) is 5.56 Å². The van der Waals surface area contributed by atoms with Gasteiger partial charge in [0.25, 0.3) is 0 Å². The molecule has 1 saturated heterocycles. The van der Waals surface area contributed by atoms with Crippen LogP contribution in [-0.2, 0) is 9.59 Å². The van der Waals surface area contributed by atoms with Gasteiger partial charge in [0.1, 0.15) is 5.78 Å². The Hall–Kier alpha value is -1.64. The van der Waals surface area contributed by atoms with Gasteiger partial charge in [0.05, 0.1) is 11.5 Å². The molecular formula is C16H21NO2. The van der Waals surface area contributed by atoms with E-state index < -0.39 is 5.41 Å². The maximum Gasteiger partial charge on any atom is 0.227 e. The fraction of sp³-hybridized carbons (Fsp3) is 0.500. The summed E-state index contributed by atoms with van der Waals surface area (Å²) in [6.07, 6.45) is 0. The SMILES string of the molecule is CC(=O)C1(C)CN([C@H](C)c2ccccc2)C(=O)C1C. The molecule has 2 rings (SSSR count). The van der Waals surface area contributed by atoms with Crippen molar-refractivity contribution in [3.05, 3.63) is 35.9 Å². The van der Waals surface area contributed by atoms with Gasteiger partial charge in [-0.05, 0) is 19.4 Å². The van der Waals surface area contributed by atoms with Gasteiger partial charge in [-0.3, -0.25) is 9.59 Å². The molecule has 0 N–H and O–H groups in total. The second kappa shape index (κ2) is 4.80. The summed E-state index contributed by atoms with van der Waals surface area (Å²) in [4.78, 5) is 26.1. The summed E-state index contributed by atoms with van der Waals surface area (Å²) in [7, 11) is 0. The minimum Gasteiger partial charge on any atom is -0.335 e. The first-order valence-electron chi connectivity index (χ1n) is 6.74. The van der Waals surface area contributed by atoms with Crippen LogP contribution < -0.4 is 0 Å². The summed E-state index contributed by atoms with van der Waals surface area (Å²) >= 11 is 0. The monoisotopic (exact) mass is 259 g/mol. The van der Waals surface area contributed by atoms with Crippen LogP contribution in [0.5, 0.6) is 0 Å². The summed E-state index contributed by atoms with van der Waals surface area (Å²) in [5, 5.41) is 0. The standard InChI is InChI=1S/C16H21NO2/c1-11-15(19)17(10-16(11,4)13(3)18)12(2)14-8-6-5-7-9-14/h5-9,11-12H,10H2,1-4H3/t11?,12-,16?/m1/s1. The molecular weight excluding hydrogens is 238 g/mol. The van der Waals surface area contributed by atoms with Crippen molar-refractivity contribution >= 4 is 11.7 Å². The van der Waals surface area contributed by atoms with Crippen molar-refractivity contribution in [2.75, 3.05) is 6.54 Å². The van der Waals surface area contributed by atoms with E-state index in [1.54, 1.807) is 6.92 Å². The van der Waals surface area contributed by atoms with E-state index in [2.05, 4.69) is 0 Å². The number of amides is 1. The normalized spacial score (nSPS) is 28.5. The number of carbonyl (C=O) groups excluding carboxylic acids is 2. The molecule has 3 nitrogen and oxygen atoms in total. The molecule has 3 heteroatoms. The van der Waals surface area contributed by atoms with Crippen molar-refractivity contribution in [3.8, 4) is 0 Å². The molecule has 1 heterocycles. The second-order valence-electron chi connectivity index (χ2n) is 5.75. The topological polar surface area (TPSA) is 37.4 Å². The van der Waals surface area contributed by atoms with Gasteiger partial charge in [-0.25, -0.2) is 0 Å². The molecule has 19 heavy (non-hydrogen) atoms. The van der Waals surface area contributed by atoms with E-state index in [-0.39, 0.29) is 23.7 Å². The number of rotatable bonds is 3. The van der Waals surface area contributed by atoms with Crippen LogP contribution in [0.1, 0.15) is 39.3 Å². The van der Waals surface area contributed by atoms with E-state index in [9.17, 15) is 9.59 Å². The molecule has 0 saturated carbocycles. The third-order valence-corrected chi connectivity index (χ3v) is 4.66. The first kappa shape index (κ1) is 13.8. The molecule has 0 radical (unpaired) electrons. The Kier molecular flexibility index (Phi) is 3.48. The zero-order valence-corrected chi connectivity index (χ0v) is 12.0. The highest BCUT2D eigenvalue weighted by Crippen LogP contribution is 2.40. The fourth-order valence-electron chi connectivity index (χ4n) is 2.75. The molecule has 0 aromatic heterocycles. The Morgan fingerprint density at radius 2 is 1.95 bits per heavy atom. The molecule has 0 aliphatic carbocycles. The van der Waals surface area contributed by atoms with Gasteiger partial charge in [-0.1, -0.05) is 44.2 Å². The van der Waals surface area contributed by atoms with Gasteiger partial charge < -0.3 is 4.90 Å². The van der Waals surface area contributed by atoms with Crippen LogP contribution >= 0.6 is 0 Å². The van der Waals surface area contributed by atoms with Crippen molar-refractivity contribution in [1.82, 2.24) is 4.90 Å². The van der Waals surface area contributed by atoms with Crippen molar-refractivity contribution in [3.63, 3.8) is 0 Å². The number of Topliss-reactive ketones (excluding diaryl/α,β-unsaturated/α-hetero) is 1. The maximum atomic E-state index is 12.4. The molecule has 1 aromatic carbocycles. The third-order valence-electron chi connectivity index (χ3n) is 4.66. The van der Waals surface area contributed by atoms with E-state index in [1.165, 1.54) is 0 Å². The second-order valence-corrected chi connectivity index (χ2v) is 5.75. The highest BCUT2D eigenvalue weighted by molar-refractivity contribution is 5.93. The van der Waals surface area contributed by atoms with Crippen LogP contribution in [0.15, 0.2) is 30.3 Å². The van der Waals surface area contributed by atoms with E-state index in [0.29, 0.717) is 6.54 Å². The number of nitrogens with zero attached hydrogens (tertiary/aromatic N) is 1. The average molecular weight is 259 g/mol. The van der Waals surface area contributed by atoms with Crippen LogP contribution in [0.4, 0.5) is 0 Å².